The standard InChI is InChI=1S/C18H26N2O2.C13H18N2/c1-17(2,3)22-16(21)19-11-12-20(18(14-19)9-10-18)13-15-7-5-4-6-8-15;1-2-4-12(5-3-1)10-15-9-8-14-11-13(15)6-7-13/h4-8H,9-14H2,1-3H3;1-5,14H,6-11H2. The normalized spacial score (nSPS) is 22.3. The molecule has 200 valence electrons. The van der Waals surface area contributed by atoms with Gasteiger partial charge in [0.05, 0.1) is 0 Å². The molecule has 6 nitrogen and oxygen atoms in total. The average Bonchev–Trinajstić information content (AvgIpc) is 3.81. The molecule has 2 spiro atoms. The van der Waals surface area contributed by atoms with Crippen molar-refractivity contribution in [3.8, 4) is 0 Å². The largest absolute Gasteiger partial charge is 0.444 e. The molecular weight excluding hydrogens is 460 g/mol. The first kappa shape index (κ1) is 26.2. The molecule has 2 aromatic rings. The molecule has 4 fully saturated rings. The maximum absolute atomic E-state index is 12.3. The van der Waals surface area contributed by atoms with Gasteiger partial charge < -0.3 is 15.0 Å². The number of amides is 1. The van der Waals surface area contributed by atoms with Crippen molar-refractivity contribution in [1.82, 2.24) is 20.0 Å². The summed E-state index contributed by atoms with van der Waals surface area (Å²) >= 11 is 0. The van der Waals surface area contributed by atoms with Crippen LogP contribution in [0.4, 0.5) is 4.79 Å². The predicted molar refractivity (Wildman–Crippen MR) is 148 cm³/mol. The minimum Gasteiger partial charge on any atom is -0.444 e. The molecule has 2 aliphatic carbocycles. The molecule has 1 N–H and O–H groups in total. The van der Waals surface area contributed by atoms with Crippen LogP contribution >= 0.6 is 0 Å². The minimum absolute atomic E-state index is 0.168. The summed E-state index contributed by atoms with van der Waals surface area (Å²) in [5.74, 6) is 0. The van der Waals surface area contributed by atoms with Gasteiger partial charge in [0.2, 0.25) is 0 Å². The quantitative estimate of drug-likeness (QED) is 0.642. The monoisotopic (exact) mass is 504 g/mol. The van der Waals surface area contributed by atoms with Gasteiger partial charge in [0, 0.05) is 63.4 Å². The third kappa shape index (κ3) is 6.73. The van der Waals surface area contributed by atoms with E-state index in [9.17, 15) is 4.79 Å². The van der Waals surface area contributed by atoms with Crippen LogP contribution in [0.25, 0.3) is 0 Å². The Morgan fingerprint density at radius 2 is 1.35 bits per heavy atom. The molecule has 2 aromatic carbocycles. The van der Waals surface area contributed by atoms with Crippen LogP contribution in [-0.2, 0) is 17.8 Å². The Bertz CT molecular complexity index is 1030. The third-order valence-electron chi connectivity index (χ3n) is 8.22. The number of carbonyl (C=O) groups excluding carboxylic acids is 1. The molecule has 2 saturated carbocycles. The van der Waals surface area contributed by atoms with Crippen molar-refractivity contribution in [3.05, 3.63) is 71.8 Å². The van der Waals surface area contributed by atoms with Gasteiger partial charge in [-0.15, -0.1) is 0 Å². The molecule has 2 heterocycles. The Balaban J connectivity index is 0.000000162. The van der Waals surface area contributed by atoms with Crippen LogP contribution in [0.1, 0.15) is 57.6 Å². The van der Waals surface area contributed by atoms with Gasteiger partial charge >= 0.3 is 6.09 Å². The van der Waals surface area contributed by atoms with Gasteiger partial charge in [0.25, 0.3) is 0 Å². The topological polar surface area (TPSA) is 48.1 Å². The zero-order valence-electron chi connectivity index (χ0n) is 22.9. The molecule has 0 unspecified atom stereocenters. The summed E-state index contributed by atoms with van der Waals surface area (Å²) in [6.07, 6.45) is 4.95. The molecule has 0 bridgehead atoms. The van der Waals surface area contributed by atoms with Gasteiger partial charge in [0.1, 0.15) is 5.60 Å². The van der Waals surface area contributed by atoms with E-state index in [-0.39, 0.29) is 11.6 Å². The summed E-state index contributed by atoms with van der Waals surface area (Å²) in [7, 11) is 0. The lowest BCUT2D eigenvalue weighted by molar-refractivity contribution is -0.00238. The van der Waals surface area contributed by atoms with E-state index in [1.165, 1.54) is 49.9 Å². The molecule has 2 aliphatic heterocycles. The van der Waals surface area contributed by atoms with Gasteiger partial charge in [-0.25, -0.2) is 4.79 Å². The molecule has 37 heavy (non-hydrogen) atoms. The van der Waals surface area contributed by atoms with E-state index >= 15 is 0 Å². The first-order chi connectivity index (χ1) is 17.8. The molecule has 4 aliphatic rings. The first-order valence-corrected chi connectivity index (χ1v) is 14.0. The SMILES string of the molecule is CC(C)(C)OC(=O)N1CCN(Cc2ccccc2)C2(CC2)C1.c1ccc(CN2CCNCC23CC3)cc1. The second-order valence-electron chi connectivity index (χ2n) is 12.3. The lowest BCUT2D eigenvalue weighted by Crippen LogP contribution is -2.56. The Labute approximate surface area is 223 Å². The number of rotatable bonds is 4. The van der Waals surface area contributed by atoms with Crippen molar-refractivity contribution in [2.75, 3.05) is 39.3 Å². The number of ether oxygens (including phenoxy) is 1. The molecule has 0 aromatic heterocycles. The van der Waals surface area contributed by atoms with Crippen LogP contribution < -0.4 is 5.32 Å². The highest BCUT2D eigenvalue weighted by Gasteiger charge is 2.52. The number of piperazine rings is 2. The maximum Gasteiger partial charge on any atom is 0.410 e. The van der Waals surface area contributed by atoms with Gasteiger partial charge in [-0.3, -0.25) is 9.80 Å². The van der Waals surface area contributed by atoms with Crippen LogP contribution in [0, 0.1) is 0 Å². The smallest absolute Gasteiger partial charge is 0.410 e. The maximum atomic E-state index is 12.3. The first-order valence-electron chi connectivity index (χ1n) is 14.0. The highest BCUT2D eigenvalue weighted by atomic mass is 16.6. The van der Waals surface area contributed by atoms with Crippen LogP contribution in [0.3, 0.4) is 0 Å². The number of nitrogens with one attached hydrogen (secondary N) is 1. The second-order valence-corrected chi connectivity index (χ2v) is 12.3. The fourth-order valence-corrected chi connectivity index (χ4v) is 5.74. The van der Waals surface area contributed by atoms with Crippen molar-refractivity contribution < 1.29 is 9.53 Å². The second kappa shape index (κ2) is 10.8. The van der Waals surface area contributed by atoms with Crippen molar-refractivity contribution in [2.45, 2.75) is 76.2 Å². The summed E-state index contributed by atoms with van der Waals surface area (Å²) in [6, 6.07) is 21.4. The average molecular weight is 505 g/mol. The van der Waals surface area contributed by atoms with Gasteiger partial charge in [0.15, 0.2) is 0 Å². The number of nitrogens with zero attached hydrogens (tertiary/aromatic N) is 3. The third-order valence-corrected chi connectivity index (χ3v) is 8.22. The van der Waals surface area contributed by atoms with E-state index in [0.29, 0.717) is 5.54 Å². The summed E-state index contributed by atoms with van der Waals surface area (Å²) < 4.78 is 5.52. The minimum atomic E-state index is -0.422. The van der Waals surface area contributed by atoms with E-state index in [2.05, 4.69) is 75.8 Å². The Morgan fingerprint density at radius 1 is 0.811 bits per heavy atom. The highest BCUT2D eigenvalue weighted by Crippen LogP contribution is 2.45. The van der Waals surface area contributed by atoms with Crippen LogP contribution in [0.15, 0.2) is 60.7 Å². The van der Waals surface area contributed by atoms with Crippen LogP contribution in [-0.4, -0.2) is 76.7 Å². The van der Waals surface area contributed by atoms with Gasteiger partial charge in [-0.05, 0) is 57.6 Å². The molecule has 0 atom stereocenters. The number of benzene rings is 2. The number of hydrogen-bond donors (Lipinski definition) is 1. The zero-order chi connectivity index (χ0) is 25.9. The number of carbonyl (C=O) groups is 1. The van der Waals surface area contributed by atoms with Crippen molar-refractivity contribution in [3.63, 3.8) is 0 Å². The molecule has 0 radical (unpaired) electrons. The molecule has 6 rings (SSSR count). The van der Waals surface area contributed by atoms with E-state index in [1.54, 1.807) is 0 Å². The van der Waals surface area contributed by atoms with Crippen molar-refractivity contribution in [2.24, 2.45) is 0 Å². The summed E-state index contributed by atoms with van der Waals surface area (Å²) in [4.78, 5) is 19.4. The molecular formula is C31H44N4O2. The lowest BCUT2D eigenvalue weighted by Gasteiger charge is -2.42. The van der Waals surface area contributed by atoms with Crippen molar-refractivity contribution in [1.29, 1.82) is 0 Å². The van der Waals surface area contributed by atoms with E-state index < -0.39 is 5.60 Å². The fraction of sp³-hybridized carbons (Fsp3) is 0.581. The lowest BCUT2D eigenvalue weighted by atomic mass is 10.1. The van der Waals surface area contributed by atoms with Gasteiger partial charge in [-0.1, -0.05) is 60.7 Å². The van der Waals surface area contributed by atoms with Crippen molar-refractivity contribution >= 4 is 6.09 Å². The highest BCUT2D eigenvalue weighted by molar-refractivity contribution is 5.68. The molecule has 6 heteroatoms. The summed E-state index contributed by atoms with van der Waals surface area (Å²) in [6.45, 7) is 13.9. The van der Waals surface area contributed by atoms with E-state index in [4.69, 9.17) is 4.74 Å². The predicted octanol–water partition coefficient (Wildman–Crippen LogP) is 4.90. The van der Waals surface area contributed by atoms with Crippen LogP contribution in [0.2, 0.25) is 0 Å². The Kier molecular flexibility index (Phi) is 7.62. The van der Waals surface area contributed by atoms with E-state index in [0.717, 1.165) is 39.3 Å². The van der Waals surface area contributed by atoms with E-state index in [1.807, 2.05) is 25.7 Å². The fourth-order valence-electron chi connectivity index (χ4n) is 5.74. The van der Waals surface area contributed by atoms with Gasteiger partial charge in [-0.2, -0.15) is 0 Å². The van der Waals surface area contributed by atoms with Crippen LogP contribution in [0.5, 0.6) is 0 Å². The Hall–Kier alpha value is -2.41. The summed E-state index contributed by atoms with van der Waals surface area (Å²) in [5.41, 5.74) is 3.08. The number of hydrogen-bond acceptors (Lipinski definition) is 5. The molecule has 1 amide bonds. The zero-order valence-corrected chi connectivity index (χ0v) is 22.9. The molecule has 2 saturated heterocycles. The Morgan fingerprint density at radius 3 is 1.86 bits per heavy atom. The summed E-state index contributed by atoms with van der Waals surface area (Å²) in [5, 5.41) is 3.51.